The van der Waals surface area contributed by atoms with Crippen LogP contribution in [0.5, 0.6) is 0 Å². The molecule has 1 saturated heterocycles. The van der Waals surface area contributed by atoms with Crippen molar-refractivity contribution in [2.45, 2.75) is 87.3 Å². The van der Waals surface area contributed by atoms with Gasteiger partial charge in [-0.3, -0.25) is 20.2 Å². The highest BCUT2D eigenvalue weighted by atomic mass is 16.7. The van der Waals surface area contributed by atoms with Crippen LogP contribution >= 0.6 is 0 Å². The van der Waals surface area contributed by atoms with E-state index in [9.17, 15) is 34.6 Å². The van der Waals surface area contributed by atoms with Gasteiger partial charge in [-0.15, -0.1) is 0 Å². The highest BCUT2D eigenvalue weighted by molar-refractivity contribution is 6.43. The van der Waals surface area contributed by atoms with Crippen molar-refractivity contribution in [1.29, 1.82) is 0 Å². The molecule has 0 unspecified atom stereocenters. The Morgan fingerprint density at radius 2 is 0.860 bits per heavy atom. The molecule has 4 rings (SSSR count). The molecule has 0 aliphatic carbocycles. The molecule has 276 valence electrons. The number of aromatic carboxylic acids is 3. The number of carbonyl (C=O) groups is 3. The van der Waals surface area contributed by atoms with Crippen molar-refractivity contribution in [3.05, 3.63) is 110 Å². The van der Waals surface area contributed by atoms with E-state index in [0.29, 0.717) is 5.69 Å². The number of carboxylic acid groups (broad SMARTS) is 3. The molecule has 5 N–H and O–H groups in total. The third-order valence-electron chi connectivity index (χ3n) is 6.22. The van der Waals surface area contributed by atoms with E-state index in [1.807, 2.05) is 48.4 Å². The largest absolute Gasteiger partial charge is 0.478 e. The summed E-state index contributed by atoms with van der Waals surface area (Å²) >= 11 is 0. The first-order valence-corrected chi connectivity index (χ1v) is 15.7. The van der Waals surface area contributed by atoms with Crippen LogP contribution in [-0.2, 0) is 9.31 Å². The summed E-state index contributed by atoms with van der Waals surface area (Å²) in [6.45, 7) is 22.1. The summed E-state index contributed by atoms with van der Waals surface area (Å²) in [5, 5.41) is 46.0. The Hall–Kier alpha value is -5.35. The number of rotatable bonds is 5. The molecule has 1 aliphatic heterocycles. The van der Waals surface area contributed by atoms with Crippen LogP contribution in [-0.4, -0.2) is 61.4 Å². The van der Waals surface area contributed by atoms with Crippen LogP contribution in [0.25, 0.3) is 0 Å². The number of hydrogen-bond donors (Lipinski definition) is 4. The molecule has 3 aromatic carbocycles. The molecule has 0 amide bonds. The second kappa shape index (κ2) is 24.7. The highest BCUT2D eigenvalue weighted by Gasteiger charge is 2.48. The number of para-hydroxylation sites is 3. The van der Waals surface area contributed by atoms with Gasteiger partial charge in [-0.1, -0.05) is 77.9 Å². The van der Waals surface area contributed by atoms with E-state index in [4.69, 9.17) is 30.4 Å². The molecule has 15 nitrogen and oxygen atoms in total. The molecule has 0 aromatic heterocycles. The predicted molar refractivity (Wildman–Crippen MR) is 194 cm³/mol. The van der Waals surface area contributed by atoms with Gasteiger partial charge in [0.15, 0.2) is 0 Å². The zero-order valence-electron chi connectivity index (χ0n) is 30.5. The number of nitro groups is 2. The van der Waals surface area contributed by atoms with Crippen LogP contribution in [0.1, 0.15) is 100 Å². The van der Waals surface area contributed by atoms with E-state index in [-0.39, 0.29) is 46.4 Å². The van der Waals surface area contributed by atoms with E-state index in [1.54, 1.807) is 18.2 Å². The van der Waals surface area contributed by atoms with Gasteiger partial charge < -0.3 is 30.4 Å². The zero-order chi connectivity index (χ0) is 39.8. The predicted octanol–water partition coefficient (Wildman–Crippen LogP) is 8.34. The molecule has 1 aliphatic rings. The van der Waals surface area contributed by atoms with Gasteiger partial charge in [0.05, 0.1) is 26.6 Å². The third-order valence-corrected chi connectivity index (χ3v) is 6.22. The SMILES string of the molecule is CB1OC(C)(C)C(C)(C)O1.CC.CC.CC.Nc1ccccc1C(=O)O.O=C(O)c1ccccc1[N+](=O)[O-].O=C(O)c1ccccc1[N+](=O)[O-]. The van der Waals surface area contributed by atoms with Crippen LogP contribution < -0.4 is 5.73 Å². The lowest BCUT2D eigenvalue weighted by molar-refractivity contribution is -0.385. The quantitative estimate of drug-likeness (QED) is 0.0846. The van der Waals surface area contributed by atoms with Gasteiger partial charge in [-0.05, 0) is 58.8 Å². The van der Waals surface area contributed by atoms with Gasteiger partial charge in [0, 0.05) is 17.8 Å². The summed E-state index contributed by atoms with van der Waals surface area (Å²) in [6, 6.07) is 16.8. The third kappa shape index (κ3) is 16.7. The van der Waals surface area contributed by atoms with Gasteiger partial charge in [0.2, 0.25) is 0 Å². The number of carboxylic acids is 3. The smallest absolute Gasteiger partial charge is 0.454 e. The van der Waals surface area contributed by atoms with Crippen molar-refractivity contribution in [3.8, 4) is 0 Å². The van der Waals surface area contributed by atoms with Crippen molar-refractivity contribution in [3.63, 3.8) is 0 Å². The summed E-state index contributed by atoms with van der Waals surface area (Å²) in [5.74, 6) is -3.57. The Balaban J connectivity index is -0.000000561. The molecule has 0 atom stereocenters. The minimum atomic E-state index is -1.29. The van der Waals surface area contributed by atoms with Crippen LogP contribution in [0.3, 0.4) is 0 Å². The fourth-order valence-electron chi connectivity index (χ4n) is 3.46. The molecular weight excluding hydrogens is 653 g/mol. The fourth-order valence-corrected chi connectivity index (χ4v) is 3.46. The average molecular weight is 704 g/mol. The standard InChI is InChI=1S/C7H15BO2.2C7H5NO4.C7H7NO2.3C2H6/c1-6(2)7(3,4)10-8(5)9-6;2*9-7(10)5-3-1-2-4-6(5)8(11)12;8-6-4-2-1-3-5(6)7(9)10;3*1-2/h1-5H3;2*1-4H,(H,9,10);1-4H,8H2,(H,9,10);3*1-2H3. The average Bonchev–Trinajstić information content (AvgIpc) is 3.27. The monoisotopic (exact) mass is 703 g/mol. The maximum absolute atomic E-state index is 10.4. The molecule has 0 saturated carbocycles. The molecule has 1 fully saturated rings. The first kappa shape index (κ1) is 49.0. The molecule has 0 bridgehead atoms. The molecule has 0 radical (unpaired) electrons. The number of nitro benzene ring substituents is 2. The van der Waals surface area contributed by atoms with E-state index in [2.05, 4.69) is 27.7 Å². The first-order valence-electron chi connectivity index (χ1n) is 15.7. The van der Waals surface area contributed by atoms with Gasteiger partial charge in [0.25, 0.3) is 11.4 Å². The topological polar surface area (TPSA) is 243 Å². The Morgan fingerprint density at radius 3 is 1.04 bits per heavy atom. The van der Waals surface area contributed by atoms with E-state index >= 15 is 0 Å². The Kier molecular flexibility index (Phi) is 24.3. The summed E-state index contributed by atoms with van der Waals surface area (Å²) in [7, 11) is -0.0648. The number of nitrogens with two attached hydrogens (primary N) is 1. The van der Waals surface area contributed by atoms with Crippen molar-refractivity contribution in [2.24, 2.45) is 0 Å². The summed E-state index contributed by atoms with van der Waals surface area (Å²) in [5.41, 5.74) is 4.13. The summed E-state index contributed by atoms with van der Waals surface area (Å²) in [6.07, 6.45) is 0. The van der Waals surface area contributed by atoms with Crippen molar-refractivity contribution < 1.29 is 48.9 Å². The Labute approximate surface area is 293 Å². The lowest BCUT2D eigenvalue weighted by Crippen LogP contribution is -2.41. The maximum Gasteiger partial charge on any atom is 0.454 e. The first-order chi connectivity index (χ1) is 23.3. The Morgan fingerprint density at radius 1 is 0.600 bits per heavy atom. The number of anilines is 1. The molecule has 0 spiro atoms. The van der Waals surface area contributed by atoms with Crippen molar-refractivity contribution >= 4 is 42.1 Å². The van der Waals surface area contributed by atoms with E-state index in [1.165, 1.54) is 42.5 Å². The number of nitrogen functional groups attached to an aromatic ring is 1. The number of nitrogens with zero attached hydrogens (tertiary/aromatic N) is 2. The van der Waals surface area contributed by atoms with Crippen LogP contribution in [0, 0.1) is 20.2 Å². The van der Waals surface area contributed by atoms with Gasteiger partial charge in [0.1, 0.15) is 11.1 Å². The summed E-state index contributed by atoms with van der Waals surface area (Å²) in [4.78, 5) is 50.3. The second-order valence-electron chi connectivity index (χ2n) is 9.88. The van der Waals surface area contributed by atoms with Gasteiger partial charge in [-0.2, -0.15) is 0 Å². The van der Waals surface area contributed by atoms with Crippen LogP contribution in [0.15, 0.2) is 72.8 Å². The highest BCUT2D eigenvalue weighted by Crippen LogP contribution is 2.36. The molecule has 50 heavy (non-hydrogen) atoms. The molecule has 1 heterocycles. The lowest BCUT2D eigenvalue weighted by atomic mass is 9.90. The van der Waals surface area contributed by atoms with Crippen molar-refractivity contribution in [2.75, 3.05) is 5.73 Å². The van der Waals surface area contributed by atoms with Gasteiger partial charge in [-0.25, -0.2) is 14.4 Å². The zero-order valence-corrected chi connectivity index (χ0v) is 30.5. The Bertz CT molecular complexity index is 1360. The molecule has 16 heteroatoms. The van der Waals surface area contributed by atoms with Crippen LogP contribution in [0.2, 0.25) is 6.82 Å². The minimum Gasteiger partial charge on any atom is -0.478 e. The number of benzene rings is 3. The molecular formula is C34H50BN3O12. The number of hydrogen-bond acceptors (Lipinski definition) is 10. The molecule has 3 aromatic rings. The fraction of sp³-hybridized carbons (Fsp3) is 0.382. The second-order valence-corrected chi connectivity index (χ2v) is 9.88. The maximum atomic E-state index is 10.4. The van der Waals surface area contributed by atoms with E-state index < -0.39 is 27.8 Å². The lowest BCUT2D eigenvalue weighted by Gasteiger charge is -2.32. The van der Waals surface area contributed by atoms with Crippen molar-refractivity contribution in [1.82, 2.24) is 0 Å². The normalized spacial score (nSPS) is 12.5. The van der Waals surface area contributed by atoms with Crippen LogP contribution in [0.4, 0.5) is 17.1 Å². The van der Waals surface area contributed by atoms with E-state index in [0.717, 1.165) is 12.1 Å². The minimum absolute atomic E-state index is 0.0648. The summed E-state index contributed by atoms with van der Waals surface area (Å²) < 4.78 is 11.1. The van der Waals surface area contributed by atoms with Gasteiger partial charge >= 0.3 is 25.0 Å².